The van der Waals surface area contributed by atoms with Crippen LogP contribution in [0.1, 0.15) is 67.8 Å². The Hall–Kier alpha value is -6.56. The molecule has 1 aliphatic heterocycles. The van der Waals surface area contributed by atoms with Crippen molar-refractivity contribution in [1.82, 2.24) is 19.4 Å². The number of nitrogens with one attached hydrogen (secondary N) is 1. The molecule has 2 heterocycles. The van der Waals surface area contributed by atoms with E-state index < -0.39 is 27.7 Å². The number of carbonyl (C=O) groups excluding carboxylic acids is 3. The van der Waals surface area contributed by atoms with Crippen molar-refractivity contribution in [3.05, 3.63) is 178 Å². The molecule has 0 atom stereocenters. The molecule has 6 aromatic carbocycles. The number of unbranched alkanes of at least 4 members (excludes halogenated alkanes) is 1. The Bertz CT molecular complexity index is 2890. The second-order valence-electron chi connectivity index (χ2n) is 14.8. The number of aromatic nitrogens is 2. The summed E-state index contributed by atoms with van der Waals surface area (Å²) in [4.78, 5) is 46.2. The summed E-state index contributed by atoms with van der Waals surface area (Å²) in [6.07, 6.45) is 2.21. The van der Waals surface area contributed by atoms with Gasteiger partial charge >= 0.3 is 0 Å². The fourth-order valence-corrected chi connectivity index (χ4v) is 8.79. The molecule has 12 heteroatoms. The first-order valence-corrected chi connectivity index (χ1v) is 21.7. The zero-order chi connectivity index (χ0) is 42.0. The molecule has 302 valence electrons. The monoisotopic (exact) mass is 835 g/mol. The lowest BCUT2D eigenvalue weighted by atomic mass is 9.98. The Kier molecular flexibility index (Phi) is 11.4. The standard InChI is InChI=1S/C48H42ClN5O5S/c1-3-4-26-53(40-20-12-19-36(28-40)33-13-6-5-7-14-33)48(57)45-44(49)32(2)54(50-45)43-24-22-38(30-42(43)47(56)52-27-25-35-16-9-11-18-39(35)31-52)46(55)51-60(58,59)41-23-21-34-15-8-10-17-37(34)29-41/h5-24,28-30H,3-4,25-27,31H2,1-2H3,(H,51,55). The molecule has 0 radical (unpaired) electrons. The van der Waals surface area contributed by atoms with E-state index in [2.05, 4.69) is 11.6 Å². The Morgan fingerprint density at radius 1 is 0.783 bits per heavy atom. The average molecular weight is 836 g/mol. The molecule has 8 rings (SSSR count). The second kappa shape index (κ2) is 17.0. The lowest BCUT2D eigenvalue weighted by Crippen LogP contribution is -2.37. The van der Waals surface area contributed by atoms with E-state index in [0.29, 0.717) is 42.8 Å². The van der Waals surface area contributed by atoms with Gasteiger partial charge in [-0.2, -0.15) is 5.10 Å². The van der Waals surface area contributed by atoms with Crippen LogP contribution in [0, 0.1) is 6.92 Å². The van der Waals surface area contributed by atoms with Crippen LogP contribution in [0.15, 0.2) is 144 Å². The SMILES string of the molecule is CCCCN(C(=O)c1nn(-c2ccc(C(=O)NS(=O)(=O)c3ccc4ccccc4c3)cc2C(=O)N2CCc3ccccc3C2)c(C)c1Cl)c1cccc(-c2ccccc2)c1. The number of rotatable bonds is 11. The molecule has 0 unspecified atom stereocenters. The largest absolute Gasteiger partial charge is 0.334 e. The maximum atomic E-state index is 14.6. The number of carbonyl (C=O) groups is 3. The van der Waals surface area contributed by atoms with Crippen molar-refractivity contribution in [2.75, 3.05) is 18.0 Å². The van der Waals surface area contributed by atoms with Gasteiger partial charge in [-0.05, 0) is 95.3 Å². The summed E-state index contributed by atoms with van der Waals surface area (Å²) in [5.41, 5.74) is 5.52. The van der Waals surface area contributed by atoms with E-state index in [4.69, 9.17) is 16.7 Å². The van der Waals surface area contributed by atoms with Gasteiger partial charge in [0.25, 0.3) is 27.7 Å². The van der Waals surface area contributed by atoms with Crippen LogP contribution in [0.3, 0.4) is 0 Å². The highest BCUT2D eigenvalue weighted by molar-refractivity contribution is 7.90. The molecule has 0 saturated carbocycles. The van der Waals surface area contributed by atoms with E-state index >= 15 is 0 Å². The van der Waals surface area contributed by atoms with Gasteiger partial charge < -0.3 is 9.80 Å². The molecule has 7 aromatic rings. The highest BCUT2D eigenvalue weighted by atomic mass is 35.5. The van der Waals surface area contributed by atoms with Gasteiger partial charge in [-0.3, -0.25) is 14.4 Å². The molecular formula is C48H42ClN5O5S. The van der Waals surface area contributed by atoms with E-state index in [1.807, 2.05) is 91.0 Å². The molecule has 0 bridgehead atoms. The molecule has 0 fully saturated rings. The van der Waals surface area contributed by atoms with Crippen molar-refractivity contribution in [2.24, 2.45) is 0 Å². The second-order valence-corrected chi connectivity index (χ2v) is 16.9. The first kappa shape index (κ1) is 40.2. The summed E-state index contributed by atoms with van der Waals surface area (Å²) in [5, 5.41) is 6.44. The van der Waals surface area contributed by atoms with Gasteiger partial charge in [-0.1, -0.05) is 122 Å². The van der Waals surface area contributed by atoms with E-state index in [-0.39, 0.29) is 32.4 Å². The Balaban J connectivity index is 1.16. The zero-order valence-electron chi connectivity index (χ0n) is 33.1. The van der Waals surface area contributed by atoms with Gasteiger partial charge in [-0.25, -0.2) is 17.8 Å². The molecule has 3 amide bonds. The van der Waals surface area contributed by atoms with Crippen molar-refractivity contribution >= 4 is 55.8 Å². The van der Waals surface area contributed by atoms with Crippen LogP contribution in [-0.2, 0) is 23.0 Å². The third-order valence-electron chi connectivity index (χ3n) is 10.9. The molecule has 1 N–H and O–H groups in total. The molecule has 10 nitrogen and oxygen atoms in total. The molecular weight excluding hydrogens is 794 g/mol. The fourth-order valence-electron chi connectivity index (χ4n) is 7.58. The summed E-state index contributed by atoms with van der Waals surface area (Å²) in [5.74, 6) is -1.72. The third-order valence-corrected chi connectivity index (χ3v) is 12.7. The van der Waals surface area contributed by atoms with Gasteiger partial charge in [0, 0.05) is 30.9 Å². The lowest BCUT2D eigenvalue weighted by molar-refractivity contribution is 0.0734. The topological polar surface area (TPSA) is 122 Å². The van der Waals surface area contributed by atoms with Crippen LogP contribution >= 0.6 is 11.6 Å². The van der Waals surface area contributed by atoms with Crippen LogP contribution in [-0.4, -0.2) is 53.9 Å². The Morgan fingerprint density at radius 2 is 1.50 bits per heavy atom. The van der Waals surface area contributed by atoms with Gasteiger partial charge in [-0.15, -0.1) is 0 Å². The van der Waals surface area contributed by atoms with E-state index in [9.17, 15) is 22.8 Å². The van der Waals surface area contributed by atoms with Gasteiger partial charge in [0.15, 0.2) is 5.69 Å². The maximum absolute atomic E-state index is 14.6. The number of amides is 3. The predicted molar refractivity (Wildman–Crippen MR) is 235 cm³/mol. The summed E-state index contributed by atoms with van der Waals surface area (Å²) in [6.45, 7) is 4.93. The smallest absolute Gasteiger partial charge is 0.280 e. The number of hydrogen-bond donors (Lipinski definition) is 1. The Labute approximate surface area is 354 Å². The first-order chi connectivity index (χ1) is 29.0. The summed E-state index contributed by atoms with van der Waals surface area (Å²) >= 11 is 6.98. The number of hydrogen-bond acceptors (Lipinski definition) is 6. The third kappa shape index (κ3) is 8.06. The minimum absolute atomic E-state index is 0.00369. The summed E-state index contributed by atoms with van der Waals surface area (Å²) in [6, 6.07) is 41.9. The van der Waals surface area contributed by atoms with Crippen LogP contribution in [0.25, 0.3) is 27.6 Å². The quantitative estimate of drug-likeness (QED) is 0.139. The predicted octanol–water partition coefficient (Wildman–Crippen LogP) is 9.42. The van der Waals surface area contributed by atoms with Gasteiger partial charge in [0.05, 0.1) is 26.9 Å². The van der Waals surface area contributed by atoms with Gasteiger partial charge in [0.1, 0.15) is 0 Å². The van der Waals surface area contributed by atoms with E-state index in [1.165, 1.54) is 35.0 Å². The van der Waals surface area contributed by atoms with Crippen molar-refractivity contribution in [2.45, 2.75) is 44.6 Å². The van der Waals surface area contributed by atoms with Crippen LogP contribution in [0.5, 0.6) is 0 Å². The average Bonchev–Trinajstić information content (AvgIpc) is 3.58. The van der Waals surface area contributed by atoms with Crippen molar-refractivity contribution in [1.29, 1.82) is 0 Å². The van der Waals surface area contributed by atoms with Crippen LogP contribution in [0.2, 0.25) is 5.02 Å². The number of nitrogens with zero attached hydrogens (tertiary/aromatic N) is 4. The number of halogens is 1. The molecule has 1 aliphatic rings. The van der Waals surface area contributed by atoms with E-state index in [0.717, 1.165) is 40.5 Å². The molecule has 60 heavy (non-hydrogen) atoms. The Morgan fingerprint density at radius 3 is 2.28 bits per heavy atom. The molecule has 0 spiro atoms. The van der Waals surface area contributed by atoms with Crippen molar-refractivity contribution in [3.8, 4) is 16.8 Å². The van der Waals surface area contributed by atoms with Crippen molar-refractivity contribution < 1.29 is 22.8 Å². The lowest BCUT2D eigenvalue weighted by Gasteiger charge is -2.29. The van der Waals surface area contributed by atoms with Crippen LogP contribution in [0.4, 0.5) is 5.69 Å². The number of benzene rings is 6. The summed E-state index contributed by atoms with van der Waals surface area (Å²) in [7, 11) is -4.30. The van der Waals surface area contributed by atoms with E-state index in [1.54, 1.807) is 34.9 Å². The number of sulfonamides is 1. The molecule has 1 aromatic heterocycles. The minimum atomic E-state index is -4.30. The highest BCUT2D eigenvalue weighted by Crippen LogP contribution is 2.32. The number of anilines is 1. The van der Waals surface area contributed by atoms with Gasteiger partial charge in [0.2, 0.25) is 0 Å². The van der Waals surface area contributed by atoms with Crippen molar-refractivity contribution in [3.63, 3.8) is 0 Å². The van der Waals surface area contributed by atoms with Crippen LogP contribution < -0.4 is 9.62 Å². The zero-order valence-corrected chi connectivity index (χ0v) is 34.7. The normalized spacial score (nSPS) is 12.6. The number of fused-ring (bicyclic) bond motifs is 2. The fraction of sp³-hybridized carbons (Fsp3) is 0.167. The first-order valence-electron chi connectivity index (χ1n) is 19.8. The molecule has 0 aliphatic carbocycles. The summed E-state index contributed by atoms with van der Waals surface area (Å²) < 4.78 is 30.7. The molecule has 0 saturated heterocycles. The minimum Gasteiger partial charge on any atom is -0.334 e. The highest BCUT2D eigenvalue weighted by Gasteiger charge is 2.30. The maximum Gasteiger partial charge on any atom is 0.280 e.